The summed E-state index contributed by atoms with van der Waals surface area (Å²) in [7, 11) is 0. The van der Waals surface area contributed by atoms with Crippen LogP contribution in [0.3, 0.4) is 0 Å². The number of rotatable bonds is 5. The topological polar surface area (TPSA) is 51.8 Å². The van der Waals surface area contributed by atoms with Crippen molar-refractivity contribution >= 4 is 27.7 Å². The van der Waals surface area contributed by atoms with E-state index in [0.29, 0.717) is 0 Å². The molecule has 2 unspecified atom stereocenters. The summed E-state index contributed by atoms with van der Waals surface area (Å²) < 4.78 is 1.07. The van der Waals surface area contributed by atoms with E-state index in [-0.39, 0.29) is 11.3 Å². The van der Waals surface area contributed by atoms with E-state index in [1.807, 2.05) is 18.2 Å². The quantitative estimate of drug-likeness (QED) is 0.665. The molecule has 0 saturated heterocycles. The molecule has 0 aliphatic heterocycles. The zero-order chi connectivity index (χ0) is 13.7. The molecule has 2 aromatic rings. The van der Waals surface area contributed by atoms with Gasteiger partial charge in [0.2, 0.25) is 0 Å². The second-order valence-corrected chi connectivity index (χ2v) is 6.22. The highest BCUT2D eigenvalue weighted by Crippen LogP contribution is 2.36. The summed E-state index contributed by atoms with van der Waals surface area (Å²) in [5, 5.41) is 0.930. The smallest absolute Gasteiger partial charge is 0.188 e. The third kappa shape index (κ3) is 4.03. The number of benzene rings is 1. The fraction of sp³-hybridized carbons (Fsp3) is 0.286. The van der Waals surface area contributed by atoms with Crippen LogP contribution in [0.15, 0.2) is 52.4 Å². The molecule has 2 N–H and O–H groups in total. The number of aromatic nitrogens is 2. The molecule has 0 radical (unpaired) electrons. The van der Waals surface area contributed by atoms with Crippen molar-refractivity contribution in [3.63, 3.8) is 0 Å². The Hall–Kier alpha value is -0.910. The summed E-state index contributed by atoms with van der Waals surface area (Å²) in [5.74, 6) is 0. The van der Waals surface area contributed by atoms with Crippen molar-refractivity contribution < 1.29 is 0 Å². The van der Waals surface area contributed by atoms with Gasteiger partial charge in [-0.15, -0.1) is 0 Å². The van der Waals surface area contributed by atoms with E-state index in [4.69, 9.17) is 5.73 Å². The molecule has 0 aliphatic carbocycles. The minimum Gasteiger partial charge on any atom is -0.326 e. The lowest BCUT2D eigenvalue weighted by Crippen LogP contribution is -2.25. The predicted molar refractivity (Wildman–Crippen MR) is 83.0 cm³/mol. The van der Waals surface area contributed by atoms with Gasteiger partial charge in [0.25, 0.3) is 0 Å². The second-order valence-electron chi connectivity index (χ2n) is 4.19. The van der Waals surface area contributed by atoms with Crippen LogP contribution in [0.5, 0.6) is 0 Å². The largest absolute Gasteiger partial charge is 0.326 e. The third-order valence-electron chi connectivity index (χ3n) is 2.83. The summed E-state index contributed by atoms with van der Waals surface area (Å²) in [6.45, 7) is 2.10. The maximum Gasteiger partial charge on any atom is 0.188 e. The highest BCUT2D eigenvalue weighted by molar-refractivity contribution is 9.10. The van der Waals surface area contributed by atoms with Crippen molar-refractivity contribution in [1.29, 1.82) is 0 Å². The number of nitrogens with two attached hydrogens (primary N) is 1. The fourth-order valence-corrected chi connectivity index (χ4v) is 3.12. The van der Waals surface area contributed by atoms with Gasteiger partial charge in [0.1, 0.15) is 0 Å². The molecular formula is C14H16BrN3S. The van der Waals surface area contributed by atoms with Gasteiger partial charge in [-0.1, -0.05) is 46.7 Å². The van der Waals surface area contributed by atoms with Gasteiger partial charge in [-0.3, -0.25) is 0 Å². The molecule has 2 atom stereocenters. The van der Waals surface area contributed by atoms with Crippen LogP contribution in [-0.4, -0.2) is 16.0 Å². The Kier molecular flexibility index (Phi) is 5.36. The van der Waals surface area contributed by atoms with Crippen LogP contribution in [0.4, 0.5) is 0 Å². The standard InChI is InChI=1S/C14H16BrN3S/c1-2-12(16)13(10-4-6-11(15)7-5-10)19-14-17-8-3-9-18-14/h3-9,12-13H,2,16H2,1H3. The lowest BCUT2D eigenvalue weighted by molar-refractivity contribution is 0.632. The maximum atomic E-state index is 6.25. The molecule has 0 aliphatic rings. The molecule has 3 nitrogen and oxygen atoms in total. The summed E-state index contributed by atoms with van der Waals surface area (Å²) in [5.41, 5.74) is 7.45. The van der Waals surface area contributed by atoms with Crippen LogP contribution in [0.1, 0.15) is 24.2 Å². The Labute approximate surface area is 126 Å². The minimum atomic E-state index is 0.0787. The summed E-state index contributed by atoms with van der Waals surface area (Å²) in [6, 6.07) is 10.2. The van der Waals surface area contributed by atoms with Gasteiger partial charge in [0.05, 0.1) is 5.25 Å². The predicted octanol–water partition coefficient (Wildman–Crippen LogP) is 3.81. The van der Waals surface area contributed by atoms with E-state index < -0.39 is 0 Å². The van der Waals surface area contributed by atoms with E-state index in [2.05, 4.69) is 45.0 Å². The first kappa shape index (κ1) is 14.5. The molecule has 100 valence electrons. The molecule has 1 aromatic carbocycles. The maximum absolute atomic E-state index is 6.25. The first-order chi connectivity index (χ1) is 9.20. The van der Waals surface area contributed by atoms with Crippen LogP contribution in [-0.2, 0) is 0 Å². The van der Waals surface area contributed by atoms with Gasteiger partial charge in [0, 0.05) is 22.9 Å². The van der Waals surface area contributed by atoms with Crippen molar-refractivity contribution in [2.24, 2.45) is 5.73 Å². The average Bonchev–Trinajstić information content (AvgIpc) is 2.46. The van der Waals surface area contributed by atoms with E-state index in [9.17, 15) is 0 Å². The first-order valence-corrected chi connectivity index (χ1v) is 7.82. The molecule has 1 heterocycles. The monoisotopic (exact) mass is 337 g/mol. The van der Waals surface area contributed by atoms with E-state index in [1.165, 1.54) is 5.56 Å². The minimum absolute atomic E-state index is 0.0787. The van der Waals surface area contributed by atoms with Gasteiger partial charge in [-0.25, -0.2) is 9.97 Å². The molecule has 0 spiro atoms. The molecule has 0 amide bonds. The Balaban J connectivity index is 2.23. The lowest BCUT2D eigenvalue weighted by Gasteiger charge is -2.22. The Bertz CT molecular complexity index is 504. The van der Waals surface area contributed by atoms with Gasteiger partial charge in [-0.2, -0.15) is 0 Å². The third-order valence-corrected chi connectivity index (χ3v) is 4.66. The van der Waals surface area contributed by atoms with Crippen molar-refractivity contribution in [1.82, 2.24) is 9.97 Å². The number of hydrogen-bond acceptors (Lipinski definition) is 4. The molecule has 0 fully saturated rings. The lowest BCUT2D eigenvalue weighted by atomic mass is 10.0. The normalized spacial score (nSPS) is 14.1. The Morgan fingerprint density at radius 3 is 2.42 bits per heavy atom. The first-order valence-electron chi connectivity index (χ1n) is 6.15. The van der Waals surface area contributed by atoms with Crippen LogP contribution in [0, 0.1) is 0 Å². The Morgan fingerprint density at radius 1 is 1.21 bits per heavy atom. The van der Waals surface area contributed by atoms with Crippen LogP contribution < -0.4 is 5.73 Å². The van der Waals surface area contributed by atoms with Gasteiger partial charge >= 0.3 is 0 Å². The molecule has 0 saturated carbocycles. The van der Waals surface area contributed by atoms with Crippen molar-refractivity contribution in [2.75, 3.05) is 0 Å². The van der Waals surface area contributed by atoms with Gasteiger partial charge in [-0.05, 0) is 30.2 Å². The number of nitrogens with zero attached hydrogens (tertiary/aromatic N) is 2. The molecule has 5 heteroatoms. The zero-order valence-electron chi connectivity index (χ0n) is 10.7. The molecule has 1 aromatic heterocycles. The molecule has 0 bridgehead atoms. The fourth-order valence-electron chi connectivity index (χ4n) is 1.73. The molecular weight excluding hydrogens is 322 g/mol. The van der Waals surface area contributed by atoms with Crippen molar-refractivity contribution in [3.8, 4) is 0 Å². The molecule has 19 heavy (non-hydrogen) atoms. The van der Waals surface area contributed by atoms with Gasteiger partial charge in [0.15, 0.2) is 5.16 Å². The summed E-state index contributed by atoms with van der Waals surface area (Å²) >= 11 is 5.07. The summed E-state index contributed by atoms with van der Waals surface area (Å²) in [4.78, 5) is 8.53. The number of thioether (sulfide) groups is 1. The summed E-state index contributed by atoms with van der Waals surface area (Å²) in [6.07, 6.45) is 4.43. The van der Waals surface area contributed by atoms with Gasteiger partial charge < -0.3 is 5.73 Å². The van der Waals surface area contributed by atoms with Crippen LogP contribution in [0.2, 0.25) is 0 Å². The highest BCUT2D eigenvalue weighted by Gasteiger charge is 2.21. The van der Waals surface area contributed by atoms with E-state index in [0.717, 1.165) is 16.0 Å². The van der Waals surface area contributed by atoms with Crippen molar-refractivity contribution in [3.05, 3.63) is 52.8 Å². The average molecular weight is 338 g/mol. The van der Waals surface area contributed by atoms with Crippen LogP contribution >= 0.6 is 27.7 Å². The second kappa shape index (κ2) is 7.03. The Morgan fingerprint density at radius 2 is 1.84 bits per heavy atom. The van der Waals surface area contributed by atoms with Crippen molar-refractivity contribution in [2.45, 2.75) is 29.8 Å². The van der Waals surface area contributed by atoms with Crippen LogP contribution in [0.25, 0.3) is 0 Å². The number of hydrogen-bond donors (Lipinski definition) is 1. The zero-order valence-corrected chi connectivity index (χ0v) is 13.1. The SMILES string of the molecule is CCC(N)C(Sc1ncccn1)c1ccc(Br)cc1. The van der Waals surface area contributed by atoms with E-state index >= 15 is 0 Å². The van der Waals surface area contributed by atoms with E-state index in [1.54, 1.807) is 24.2 Å². The molecule has 2 rings (SSSR count). The number of halogens is 1. The highest BCUT2D eigenvalue weighted by atomic mass is 79.9.